The van der Waals surface area contributed by atoms with E-state index in [1.54, 1.807) is 20.9 Å². The lowest BCUT2D eigenvalue weighted by Crippen LogP contribution is -2.57. The first kappa shape index (κ1) is 18.6. The largest absolute Gasteiger partial charge is 0.356 e. The number of halogens is 2. The van der Waals surface area contributed by atoms with Crippen molar-refractivity contribution < 1.29 is 17.2 Å². The molecule has 1 saturated heterocycles. The van der Waals surface area contributed by atoms with Crippen LogP contribution in [0.15, 0.2) is 23.2 Å². The van der Waals surface area contributed by atoms with Gasteiger partial charge >= 0.3 is 0 Å². The van der Waals surface area contributed by atoms with Gasteiger partial charge in [0.2, 0.25) is 0 Å². The van der Waals surface area contributed by atoms with Gasteiger partial charge in [-0.1, -0.05) is 0 Å². The number of rotatable bonds is 3. The molecule has 1 aromatic rings. The molecule has 1 aliphatic rings. The van der Waals surface area contributed by atoms with E-state index in [4.69, 9.17) is 0 Å². The fraction of sp³-hybridized carbons (Fsp3) is 0.562. The van der Waals surface area contributed by atoms with Crippen molar-refractivity contribution in [1.29, 1.82) is 0 Å². The normalized spacial score (nSPS) is 20.0. The van der Waals surface area contributed by atoms with Gasteiger partial charge in [0.15, 0.2) is 15.8 Å². The van der Waals surface area contributed by atoms with E-state index in [0.29, 0.717) is 37.6 Å². The Hall–Kier alpha value is -1.70. The molecule has 1 fully saturated rings. The smallest absolute Gasteiger partial charge is 0.193 e. The number of aliphatic imine (C=N–C) groups is 1. The SMILES string of the molecule is CN=C(NCCc1cc(F)ccc1F)N1CCS(=O)(=O)C(C)(C)C1. The molecule has 134 valence electrons. The van der Waals surface area contributed by atoms with Gasteiger partial charge in [-0.05, 0) is 44.0 Å². The molecule has 1 N–H and O–H groups in total. The Labute approximate surface area is 141 Å². The average Bonchev–Trinajstić information content (AvgIpc) is 2.50. The number of guanidine groups is 1. The molecule has 8 heteroatoms. The van der Waals surface area contributed by atoms with E-state index in [9.17, 15) is 17.2 Å². The lowest BCUT2D eigenvalue weighted by atomic mass is 10.1. The maximum atomic E-state index is 13.6. The Morgan fingerprint density at radius 2 is 2.08 bits per heavy atom. The minimum atomic E-state index is -3.13. The summed E-state index contributed by atoms with van der Waals surface area (Å²) in [5.74, 6) is -0.286. The summed E-state index contributed by atoms with van der Waals surface area (Å²) in [6, 6.07) is 3.37. The molecule has 1 heterocycles. The molecule has 1 aliphatic heterocycles. The second-order valence-corrected chi connectivity index (χ2v) is 9.20. The third-order valence-corrected chi connectivity index (χ3v) is 6.77. The number of sulfone groups is 1. The fourth-order valence-electron chi connectivity index (χ4n) is 2.70. The molecule has 0 aliphatic carbocycles. The number of benzene rings is 1. The van der Waals surface area contributed by atoms with Crippen LogP contribution in [0.1, 0.15) is 19.4 Å². The third-order valence-electron chi connectivity index (χ3n) is 4.24. The van der Waals surface area contributed by atoms with Gasteiger partial charge in [-0.2, -0.15) is 0 Å². The zero-order valence-corrected chi connectivity index (χ0v) is 15.0. The van der Waals surface area contributed by atoms with Crippen LogP contribution >= 0.6 is 0 Å². The predicted octanol–water partition coefficient (Wildman–Crippen LogP) is 1.59. The van der Waals surface area contributed by atoms with Crippen LogP contribution in [-0.4, -0.2) is 56.5 Å². The minimum absolute atomic E-state index is 0.0687. The highest BCUT2D eigenvalue weighted by Gasteiger charge is 2.40. The van der Waals surface area contributed by atoms with E-state index in [-0.39, 0.29) is 5.75 Å². The van der Waals surface area contributed by atoms with Crippen LogP contribution in [0.2, 0.25) is 0 Å². The molecule has 0 radical (unpaired) electrons. The Kier molecular flexibility index (Phi) is 5.47. The molecule has 2 rings (SSSR count). The van der Waals surface area contributed by atoms with Crippen molar-refractivity contribution >= 4 is 15.8 Å². The van der Waals surface area contributed by atoms with Gasteiger partial charge in [-0.3, -0.25) is 4.99 Å². The Morgan fingerprint density at radius 1 is 1.38 bits per heavy atom. The lowest BCUT2D eigenvalue weighted by molar-refractivity contribution is 0.353. The molecule has 0 unspecified atom stereocenters. The number of hydrogen-bond acceptors (Lipinski definition) is 3. The van der Waals surface area contributed by atoms with Crippen LogP contribution in [0.25, 0.3) is 0 Å². The van der Waals surface area contributed by atoms with Crippen molar-refractivity contribution in [2.75, 3.05) is 32.4 Å². The van der Waals surface area contributed by atoms with Crippen LogP contribution in [0.3, 0.4) is 0 Å². The fourth-order valence-corrected chi connectivity index (χ4v) is 4.07. The molecule has 1 aromatic carbocycles. The van der Waals surface area contributed by atoms with Gasteiger partial charge in [0.05, 0.1) is 10.5 Å². The minimum Gasteiger partial charge on any atom is -0.356 e. The van der Waals surface area contributed by atoms with Gasteiger partial charge in [0.25, 0.3) is 0 Å². The van der Waals surface area contributed by atoms with Crippen molar-refractivity contribution in [2.45, 2.75) is 25.0 Å². The van der Waals surface area contributed by atoms with Crippen molar-refractivity contribution in [3.63, 3.8) is 0 Å². The van der Waals surface area contributed by atoms with Crippen LogP contribution in [0.4, 0.5) is 8.78 Å². The third kappa shape index (κ3) is 4.03. The van der Waals surface area contributed by atoms with Gasteiger partial charge in [-0.15, -0.1) is 0 Å². The van der Waals surface area contributed by atoms with Crippen molar-refractivity contribution in [3.8, 4) is 0 Å². The van der Waals surface area contributed by atoms with E-state index in [2.05, 4.69) is 10.3 Å². The van der Waals surface area contributed by atoms with E-state index in [1.165, 1.54) is 6.07 Å². The summed E-state index contributed by atoms with van der Waals surface area (Å²) < 4.78 is 50.1. The second-order valence-electron chi connectivity index (χ2n) is 6.46. The summed E-state index contributed by atoms with van der Waals surface area (Å²) in [5, 5.41) is 3.09. The molecular weight excluding hydrogens is 336 g/mol. The highest BCUT2D eigenvalue weighted by Crippen LogP contribution is 2.23. The van der Waals surface area contributed by atoms with Gasteiger partial charge < -0.3 is 10.2 Å². The molecule has 0 spiro atoms. The molecule has 0 aromatic heterocycles. The molecular formula is C16H23F2N3O2S. The zero-order chi connectivity index (χ0) is 18.0. The topological polar surface area (TPSA) is 61.8 Å². The summed E-state index contributed by atoms with van der Waals surface area (Å²) >= 11 is 0. The average molecular weight is 359 g/mol. The second kappa shape index (κ2) is 7.04. The summed E-state index contributed by atoms with van der Waals surface area (Å²) in [6.45, 7) is 4.47. The highest BCUT2D eigenvalue weighted by atomic mass is 32.2. The highest BCUT2D eigenvalue weighted by molar-refractivity contribution is 7.92. The van der Waals surface area contributed by atoms with E-state index in [1.807, 2.05) is 4.90 Å². The predicted molar refractivity (Wildman–Crippen MR) is 90.9 cm³/mol. The van der Waals surface area contributed by atoms with Crippen LogP contribution in [-0.2, 0) is 16.3 Å². The quantitative estimate of drug-likeness (QED) is 0.658. The van der Waals surface area contributed by atoms with Gasteiger partial charge in [0.1, 0.15) is 11.6 Å². The van der Waals surface area contributed by atoms with Crippen molar-refractivity contribution in [1.82, 2.24) is 10.2 Å². The first-order valence-corrected chi connectivity index (χ1v) is 9.43. The van der Waals surface area contributed by atoms with Gasteiger partial charge in [-0.25, -0.2) is 17.2 Å². The first-order valence-electron chi connectivity index (χ1n) is 7.78. The van der Waals surface area contributed by atoms with Crippen LogP contribution in [0, 0.1) is 11.6 Å². The molecule has 5 nitrogen and oxygen atoms in total. The molecule has 24 heavy (non-hydrogen) atoms. The Bertz CT molecular complexity index is 733. The summed E-state index contributed by atoms with van der Waals surface area (Å²) in [4.78, 5) is 6.04. The molecule has 0 saturated carbocycles. The summed E-state index contributed by atoms with van der Waals surface area (Å²) in [6.07, 6.45) is 0.304. The first-order chi connectivity index (χ1) is 11.2. The van der Waals surface area contributed by atoms with Crippen molar-refractivity contribution in [2.24, 2.45) is 4.99 Å². The maximum Gasteiger partial charge on any atom is 0.193 e. The summed E-state index contributed by atoms with van der Waals surface area (Å²) in [5.41, 5.74) is 0.291. The number of hydrogen-bond donors (Lipinski definition) is 1. The monoisotopic (exact) mass is 359 g/mol. The molecule has 0 amide bonds. The number of nitrogens with zero attached hydrogens (tertiary/aromatic N) is 2. The summed E-state index contributed by atoms with van der Waals surface area (Å²) in [7, 11) is -1.51. The Balaban J connectivity index is 1.97. The van der Waals surface area contributed by atoms with Gasteiger partial charge in [0, 0.05) is 26.7 Å². The standard InChI is InChI=1S/C16H23F2N3O2S/c1-16(2)11-21(8-9-24(16,22)23)15(19-3)20-7-6-12-10-13(17)4-5-14(12)18/h4-5,10H,6-9,11H2,1-3H3,(H,19,20). The molecule has 0 bridgehead atoms. The number of nitrogens with one attached hydrogen (secondary N) is 1. The van der Waals surface area contributed by atoms with Crippen LogP contribution in [0.5, 0.6) is 0 Å². The van der Waals surface area contributed by atoms with E-state index in [0.717, 1.165) is 12.1 Å². The lowest BCUT2D eigenvalue weighted by Gasteiger charge is -2.39. The molecule has 0 atom stereocenters. The maximum absolute atomic E-state index is 13.6. The zero-order valence-electron chi connectivity index (χ0n) is 14.1. The Morgan fingerprint density at radius 3 is 2.71 bits per heavy atom. The van der Waals surface area contributed by atoms with Crippen molar-refractivity contribution in [3.05, 3.63) is 35.4 Å². The van der Waals surface area contributed by atoms with Crippen LogP contribution < -0.4 is 5.32 Å². The van der Waals surface area contributed by atoms with E-state index >= 15 is 0 Å². The van der Waals surface area contributed by atoms with E-state index < -0.39 is 26.2 Å².